The Kier molecular flexibility index (Phi) is 5.17. The number of nitrogens with one attached hydrogen (secondary N) is 1. The van der Waals surface area contributed by atoms with Gasteiger partial charge in [0.2, 0.25) is 0 Å². The quantitative estimate of drug-likeness (QED) is 0.625. The fraction of sp³-hybridized carbons (Fsp3) is 0. The van der Waals surface area contributed by atoms with Crippen LogP contribution in [0.2, 0.25) is 10.0 Å². The van der Waals surface area contributed by atoms with Crippen molar-refractivity contribution in [3.05, 3.63) is 68.1 Å². The van der Waals surface area contributed by atoms with Crippen molar-refractivity contribution in [2.45, 2.75) is 0 Å². The van der Waals surface area contributed by atoms with Gasteiger partial charge in [0.05, 0.1) is 16.3 Å². The summed E-state index contributed by atoms with van der Waals surface area (Å²) in [4.78, 5) is 11.8. The van der Waals surface area contributed by atoms with Crippen LogP contribution in [-0.2, 0) is 0 Å². The van der Waals surface area contributed by atoms with Gasteiger partial charge in [-0.25, -0.2) is 5.43 Å². The van der Waals surface area contributed by atoms with Gasteiger partial charge in [0.1, 0.15) is 0 Å². The SMILES string of the molecule is O=C(N/N=C\c1cccc(Cl)c1Cl)c1cccc(Br)c1. The maximum Gasteiger partial charge on any atom is 0.271 e. The van der Waals surface area contributed by atoms with Crippen molar-refractivity contribution in [3.8, 4) is 0 Å². The molecule has 0 saturated carbocycles. The molecule has 0 spiro atoms. The molecule has 2 rings (SSSR count). The lowest BCUT2D eigenvalue weighted by atomic mass is 10.2. The Hall–Kier alpha value is -1.36. The molecule has 0 saturated heterocycles. The average Bonchev–Trinajstić information content (AvgIpc) is 2.43. The maximum absolute atomic E-state index is 11.8. The zero-order chi connectivity index (χ0) is 14.5. The number of hydrogen-bond donors (Lipinski definition) is 1. The molecule has 0 aromatic heterocycles. The molecule has 0 atom stereocenters. The molecule has 3 nitrogen and oxygen atoms in total. The van der Waals surface area contributed by atoms with Gasteiger partial charge in [0.25, 0.3) is 5.91 Å². The third-order valence-electron chi connectivity index (χ3n) is 2.44. The minimum Gasteiger partial charge on any atom is -0.267 e. The number of carbonyl (C=O) groups is 1. The van der Waals surface area contributed by atoms with Crippen molar-refractivity contribution in [1.29, 1.82) is 0 Å². The zero-order valence-corrected chi connectivity index (χ0v) is 13.2. The first kappa shape index (κ1) is 15.0. The standard InChI is InChI=1S/C14H9BrCl2N2O/c15-11-5-1-3-9(7-11)14(20)19-18-8-10-4-2-6-12(16)13(10)17/h1-8H,(H,19,20)/b18-8-. The van der Waals surface area contributed by atoms with E-state index in [9.17, 15) is 4.79 Å². The van der Waals surface area contributed by atoms with E-state index in [1.807, 2.05) is 6.07 Å². The molecule has 0 aliphatic carbocycles. The van der Waals surface area contributed by atoms with Crippen molar-refractivity contribution >= 4 is 51.3 Å². The Labute approximate surface area is 134 Å². The highest BCUT2D eigenvalue weighted by Gasteiger charge is 2.05. The Morgan fingerprint density at radius 3 is 2.70 bits per heavy atom. The molecule has 102 valence electrons. The highest BCUT2D eigenvalue weighted by molar-refractivity contribution is 9.10. The third kappa shape index (κ3) is 3.82. The number of amides is 1. The minimum atomic E-state index is -0.305. The number of carbonyl (C=O) groups excluding carboxylic acids is 1. The molecule has 0 unspecified atom stereocenters. The van der Waals surface area contributed by atoms with Crippen molar-refractivity contribution < 1.29 is 4.79 Å². The molecule has 2 aromatic carbocycles. The molecule has 0 radical (unpaired) electrons. The summed E-state index contributed by atoms with van der Waals surface area (Å²) in [5.74, 6) is -0.305. The van der Waals surface area contributed by atoms with E-state index in [0.717, 1.165) is 4.47 Å². The molecule has 0 aliphatic rings. The second-order valence-corrected chi connectivity index (χ2v) is 5.55. The molecule has 1 amide bonds. The van der Waals surface area contributed by atoms with Crippen LogP contribution in [0, 0.1) is 0 Å². The van der Waals surface area contributed by atoms with E-state index in [1.165, 1.54) is 6.21 Å². The van der Waals surface area contributed by atoms with Crippen molar-refractivity contribution in [1.82, 2.24) is 5.43 Å². The van der Waals surface area contributed by atoms with Crippen molar-refractivity contribution in [3.63, 3.8) is 0 Å². The summed E-state index contributed by atoms with van der Waals surface area (Å²) in [6.07, 6.45) is 1.45. The lowest BCUT2D eigenvalue weighted by Crippen LogP contribution is -2.17. The highest BCUT2D eigenvalue weighted by Crippen LogP contribution is 2.24. The van der Waals surface area contributed by atoms with Crippen LogP contribution >= 0.6 is 39.1 Å². The smallest absolute Gasteiger partial charge is 0.267 e. The summed E-state index contributed by atoms with van der Waals surface area (Å²) in [6.45, 7) is 0. The van der Waals surface area contributed by atoms with Gasteiger partial charge in [0.15, 0.2) is 0 Å². The largest absolute Gasteiger partial charge is 0.271 e. The Bertz CT molecular complexity index is 674. The van der Waals surface area contributed by atoms with E-state index in [2.05, 4.69) is 26.5 Å². The van der Waals surface area contributed by atoms with Crippen LogP contribution in [0.5, 0.6) is 0 Å². The summed E-state index contributed by atoms with van der Waals surface area (Å²) in [7, 11) is 0. The number of hydrazone groups is 1. The predicted octanol–water partition coefficient (Wildman–Crippen LogP) is 4.52. The maximum atomic E-state index is 11.8. The predicted molar refractivity (Wildman–Crippen MR) is 85.7 cm³/mol. The van der Waals surface area contributed by atoms with Gasteiger partial charge < -0.3 is 0 Å². The summed E-state index contributed by atoms with van der Waals surface area (Å²) >= 11 is 15.2. The van der Waals surface area contributed by atoms with Crippen LogP contribution in [0.15, 0.2) is 52.0 Å². The number of benzene rings is 2. The molecular weight excluding hydrogens is 363 g/mol. The molecule has 0 heterocycles. The van der Waals surface area contributed by atoms with Gasteiger partial charge in [-0.3, -0.25) is 4.79 Å². The second-order valence-electron chi connectivity index (χ2n) is 3.85. The van der Waals surface area contributed by atoms with Gasteiger partial charge in [-0.05, 0) is 24.3 Å². The molecular formula is C14H9BrCl2N2O. The van der Waals surface area contributed by atoms with Crippen molar-refractivity contribution in [2.75, 3.05) is 0 Å². The Morgan fingerprint density at radius 2 is 1.95 bits per heavy atom. The first-order valence-electron chi connectivity index (χ1n) is 5.61. The number of hydrogen-bond acceptors (Lipinski definition) is 2. The van der Waals surface area contributed by atoms with E-state index >= 15 is 0 Å². The average molecular weight is 372 g/mol. The molecule has 6 heteroatoms. The summed E-state index contributed by atoms with van der Waals surface area (Å²) in [5.41, 5.74) is 3.57. The van der Waals surface area contributed by atoms with Crippen molar-refractivity contribution in [2.24, 2.45) is 5.10 Å². The first-order valence-corrected chi connectivity index (χ1v) is 7.16. The fourth-order valence-electron chi connectivity index (χ4n) is 1.47. The van der Waals surface area contributed by atoms with Gasteiger partial charge in [-0.2, -0.15) is 5.10 Å². The number of nitrogens with zero attached hydrogens (tertiary/aromatic N) is 1. The third-order valence-corrected chi connectivity index (χ3v) is 3.76. The van der Waals surface area contributed by atoms with E-state index in [4.69, 9.17) is 23.2 Å². The van der Waals surface area contributed by atoms with Crippen LogP contribution in [0.4, 0.5) is 0 Å². The fourth-order valence-corrected chi connectivity index (χ4v) is 2.23. The van der Waals surface area contributed by atoms with Crippen LogP contribution < -0.4 is 5.43 Å². The van der Waals surface area contributed by atoms with Gasteiger partial charge >= 0.3 is 0 Å². The molecule has 0 bridgehead atoms. The van der Waals surface area contributed by atoms with Gasteiger partial charge in [0, 0.05) is 15.6 Å². The first-order chi connectivity index (χ1) is 9.58. The monoisotopic (exact) mass is 370 g/mol. The van der Waals surface area contributed by atoms with E-state index < -0.39 is 0 Å². The topological polar surface area (TPSA) is 41.5 Å². The van der Waals surface area contributed by atoms with Crippen LogP contribution in [0.25, 0.3) is 0 Å². The second kappa shape index (κ2) is 6.88. The lowest BCUT2D eigenvalue weighted by molar-refractivity contribution is 0.0955. The molecule has 0 fully saturated rings. The molecule has 20 heavy (non-hydrogen) atoms. The number of rotatable bonds is 3. The lowest BCUT2D eigenvalue weighted by Gasteiger charge is -2.01. The van der Waals surface area contributed by atoms with Crippen LogP contribution in [-0.4, -0.2) is 12.1 Å². The minimum absolute atomic E-state index is 0.305. The van der Waals surface area contributed by atoms with E-state index in [-0.39, 0.29) is 5.91 Å². The number of halogens is 3. The Balaban J connectivity index is 2.07. The summed E-state index contributed by atoms with van der Waals surface area (Å²) in [6, 6.07) is 12.2. The molecule has 0 aliphatic heterocycles. The van der Waals surface area contributed by atoms with Gasteiger partial charge in [-0.1, -0.05) is 57.3 Å². The summed E-state index contributed by atoms with van der Waals surface area (Å²) < 4.78 is 0.826. The Morgan fingerprint density at radius 1 is 1.20 bits per heavy atom. The molecule has 1 N–H and O–H groups in total. The normalized spacial score (nSPS) is 10.8. The van der Waals surface area contributed by atoms with Crippen LogP contribution in [0.3, 0.4) is 0 Å². The highest BCUT2D eigenvalue weighted by atomic mass is 79.9. The van der Waals surface area contributed by atoms with E-state index in [0.29, 0.717) is 21.2 Å². The van der Waals surface area contributed by atoms with Gasteiger partial charge in [-0.15, -0.1) is 0 Å². The molecule has 2 aromatic rings. The van der Waals surface area contributed by atoms with Crippen LogP contribution in [0.1, 0.15) is 15.9 Å². The van der Waals surface area contributed by atoms with E-state index in [1.54, 1.807) is 36.4 Å². The zero-order valence-electron chi connectivity index (χ0n) is 10.1. The summed E-state index contributed by atoms with van der Waals surface area (Å²) in [5, 5.41) is 4.70.